The summed E-state index contributed by atoms with van der Waals surface area (Å²) in [6, 6.07) is 12.5. The first-order chi connectivity index (χ1) is 9.25. The Bertz CT molecular complexity index is 642. The smallest absolute Gasteiger partial charge is 0.253 e. The van der Waals surface area contributed by atoms with Crippen molar-refractivity contribution in [1.82, 2.24) is 4.57 Å². The highest BCUT2D eigenvalue weighted by atomic mass is 16.1. The van der Waals surface area contributed by atoms with Gasteiger partial charge in [0.2, 0.25) is 0 Å². The number of aryl methyl sites for hydroxylation is 2. The first-order valence-electron chi connectivity index (χ1n) is 6.99. The van der Waals surface area contributed by atoms with E-state index in [9.17, 15) is 4.79 Å². The quantitative estimate of drug-likeness (QED) is 0.805. The second-order valence-electron chi connectivity index (χ2n) is 5.44. The van der Waals surface area contributed by atoms with Crippen molar-refractivity contribution in [1.29, 1.82) is 0 Å². The van der Waals surface area contributed by atoms with Crippen LogP contribution in [0.15, 0.2) is 47.4 Å². The number of pyridine rings is 1. The van der Waals surface area contributed by atoms with Crippen LogP contribution in [-0.2, 0) is 13.0 Å². The average Bonchev–Trinajstić information content (AvgIpc) is 2.44. The molecule has 1 aromatic carbocycles. The molecule has 3 rings (SSSR count). The third-order valence-electron chi connectivity index (χ3n) is 4.12. The number of hydrogen-bond acceptors (Lipinski definition) is 1. The maximum atomic E-state index is 12.1. The number of fused-ring (bicyclic) bond motifs is 1. The zero-order valence-electron chi connectivity index (χ0n) is 11.3. The lowest BCUT2D eigenvalue weighted by atomic mass is 9.83. The Hall–Kier alpha value is -1.83. The third kappa shape index (κ3) is 2.35. The lowest BCUT2D eigenvalue weighted by Gasteiger charge is -2.26. The predicted molar refractivity (Wildman–Crippen MR) is 77.6 cm³/mol. The van der Waals surface area contributed by atoms with Crippen molar-refractivity contribution in [3.05, 3.63) is 69.6 Å². The van der Waals surface area contributed by atoms with Crippen LogP contribution in [0.5, 0.6) is 0 Å². The van der Waals surface area contributed by atoms with Gasteiger partial charge in [0.25, 0.3) is 5.56 Å². The monoisotopic (exact) mass is 253 g/mol. The zero-order valence-corrected chi connectivity index (χ0v) is 11.3. The van der Waals surface area contributed by atoms with Crippen LogP contribution in [0.1, 0.15) is 35.4 Å². The third-order valence-corrected chi connectivity index (χ3v) is 4.12. The van der Waals surface area contributed by atoms with Crippen molar-refractivity contribution in [2.45, 2.75) is 38.6 Å². The topological polar surface area (TPSA) is 22.0 Å². The largest absolute Gasteiger partial charge is 0.315 e. The maximum Gasteiger partial charge on any atom is 0.253 e. The minimum absolute atomic E-state index is 0.144. The number of benzene rings is 1. The fourth-order valence-corrected chi connectivity index (χ4v) is 3.08. The van der Waals surface area contributed by atoms with E-state index in [1.54, 1.807) is 0 Å². The van der Waals surface area contributed by atoms with Crippen molar-refractivity contribution in [2.24, 2.45) is 0 Å². The van der Waals surface area contributed by atoms with Crippen LogP contribution < -0.4 is 5.56 Å². The van der Waals surface area contributed by atoms with E-state index in [1.165, 1.54) is 30.4 Å². The Balaban J connectivity index is 1.93. The molecule has 0 radical (unpaired) electrons. The summed E-state index contributed by atoms with van der Waals surface area (Å²) in [7, 11) is 0. The van der Waals surface area contributed by atoms with Gasteiger partial charge in [-0.25, -0.2) is 0 Å². The van der Waals surface area contributed by atoms with E-state index in [0.29, 0.717) is 5.92 Å². The Kier molecular flexibility index (Phi) is 3.24. The molecule has 1 aromatic heterocycles. The van der Waals surface area contributed by atoms with Gasteiger partial charge in [-0.05, 0) is 43.4 Å². The summed E-state index contributed by atoms with van der Waals surface area (Å²) in [5.74, 6) is 0.476. The Morgan fingerprint density at radius 1 is 1.21 bits per heavy atom. The first-order valence-corrected chi connectivity index (χ1v) is 6.99. The van der Waals surface area contributed by atoms with Crippen LogP contribution in [-0.4, -0.2) is 4.57 Å². The normalized spacial score (nSPS) is 18.1. The molecule has 2 nitrogen and oxygen atoms in total. The molecule has 0 bridgehead atoms. The molecule has 0 saturated heterocycles. The predicted octanol–water partition coefficient (Wildman–Crippen LogP) is 3.28. The summed E-state index contributed by atoms with van der Waals surface area (Å²) in [6.07, 6.45) is 5.49. The van der Waals surface area contributed by atoms with Crippen LogP contribution in [0.4, 0.5) is 0 Å². The molecule has 0 aliphatic heterocycles. The highest BCUT2D eigenvalue weighted by Gasteiger charge is 2.20. The van der Waals surface area contributed by atoms with Gasteiger partial charge < -0.3 is 4.57 Å². The summed E-state index contributed by atoms with van der Waals surface area (Å²) in [5.41, 5.74) is 3.86. The lowest BCUT2D eigenvalue weighted by Crippen LogP contribution is -2.25. The fraction of sp³-hybridized carbons (Fsp3) is 0.353. The lowest BCUT2D eigenvalue weighted by molar-refractivity contribution is 0.475. The van der Waals surface area contributed by atoms with E-state index in [4.69, 9.17) is 0 Å². The van der Waals surface area contributed by atoms with E-state index < -0.39 is 0 Å². The van der Waals surface area contributed by atoms with Crippen LogP contribution in [0.2, 0.25) is 0 Å². The van der Waals surface area contributed by atoms with Gasteiger partial charge in [-0.2, -0.15) is 0 Å². The van der Waals surface area contributed by atoms with Crippen molar-refractivity contribution in [2.75, 3.05) is 0 Å². The van der Waals surface area contributed by atoms with Crippen LogP contribution in [0.25, 0.3) is 0 Å². The van der Waals surface area contributed by atoms with Gasteiger partial charge in [0, 0.05) is 24.2 Å². The van der Waals surface area contributed by atoms with Crippen molar-refractivity contribution in [3.63, 3.8) is 0 Å². The highest BCUT2D eigenvalue weighted by Crippen LogP contribution is 2.32. The van der Waals surface area contributed by atoms with Crippen LogP contribution in [0, 0.1) is 6.92 Å². The van der Waals surface area contributed by atoms with Crippen molar-refractivity contribution in [3.8, 4) is 0 Å². The first kappa shape index (κ1) is 12.2. The molecule has 98 valence electrons. The Labute approximate surface area is 113 Å². The van der Waals surface area contributed by atoms with Gasteiger partial charge in [-0.15, -0.1) is 0 Å². The van der Waals surface area contributed by atoms with E-state index in [-0.39, 0.29) is 5.56 Å². The minimum atomic E-state index is 0.144. The molecule has 1 unspecified atom stereocenters. The molecule has 19 heavy (non-hydrogen) atoms. The van der Waals surface area contributed by atoms with Crippen molar-refractivity contribution >= 4 is 0 Å². The molecule has 1 aliphatic carbocycles. The molecule has 1 aliphatic rings. The summed E-state index contributed by atoms with van der Waals surface area (Å²) < 4.78 is 1.86. The molecule has 1 atom stereocenters. The highest BCUT2D eigenvalue weighted by molar-refractivity contribution is 5.32. The van der Waals surface area contributed by atoms with Crippen molar-refractivity contribution < 1.29 is 0 Å². The van der Waals surface area contributed by atoms with Gasteiger partial charge in [0.1, 0.15) is 0 Å². The average molecular weight is 253 g/mol. The standard InChI is InChI=1S/C17H19NO/c1-13-6-5-11-18(17(13)19)12-15-9-4-8-14-7-2-3-10-16(14)15/h2-3,5-7,10-11,15H,4,8-9,12H2,1H3. The van der Waals surface area contributed by atoms with E-state index in [2.05, 4.69) is 24.3 Å². The fourth-order valence-electron chi connectivity index (χ4n) is 3.08. The molecule has 2 aromatic rings. The minimum Gasteiger partial charge on any atom is -0.315 e. The molecule has 0 amide bonds. The number of nitrogens with zero attached hydrogens (tertiary/aromatic N) is 1. The molecular weight excluding hydrogens is 234 g/mol. The molecular formula is C17H19NO. The summed E-state index contributed by atoms with van der Waals surface area (Å²) in [4.78, 5) is 12.1. The second kappa shape index (κ2) is 5.04. The summed E-state index contributed by atoms with van der Waals surface area (Å²) in [6.45, 7) is 2.69. The number of aromatic nitrogens is 1. The molecule has 0 spiro atoms. The summed E-state index contributed by atoms with van der Waals surface area (Å²) >= 11 is 0. The molecule has 2 heteroatoms. The van der Waals surface area contributed by atoms with Gasteiger partial charge in [0.15, 0.2) is 0 Å². The Morgan fingerprint density at radius 2 is 2.05 bits per heavy atom. The van der Waals surface area contributed by atoms with Gasteiger partial charge in [-0.3, -0.25) is 4.79 Å². The maximum absolute atomic E-state index is 12.1. The van der Waals surface area contributed by atoms with Gasteiger partial charge in [-0.1, -0.05) is 30.3 Å². The van der Waals surface area contributed by atoms with Crippen LogP contribution in [0.3, 0.4) is 0 Å². The second-order valence-corrected chi connectivity index (χ2v) is 5.44. The molecule has 0 fully saturated rings. The molecule has 0 N–H and O–H groups in total. The number of hydrogen-bond donors (Lipinski definition) is 0. The van der Waals surface area contributed by atoms with E-state index >= 15 is 0 Å². The Morgan fingerprint density at radius 3 is 2.95 bits per heavy atom. The van der Waals surface area contributed by atoms with E-state index in [1.807, 2.05) is 29.8 Å². The molecule has 0 saturated carbocycles. The van der Waals surface area contributed by atoms with Gasteiger partial charge in [0.05, 0.1) is 0 Å². The number of rotatable bonds is 2. The van der Waals surface area contributed by atoms with Gasteiger partial charge >= 0.3 is 0 Å². The van der Waals surface area contributed by atoms with Crippen LogP contribution >= 0.6 is 0 Å². The molecule has 1 heterocycles. The van der Waals surface area contributed by atoms with E-state index in [0.717, 1.165) is 12.1 Å². The zero-order chi connectivity index (χ0) is 13.2. The summed E-state index contributed by atoms with van der Waals surface area (Å²) in [5, 5.41) is 0. The SMILES string of the molecule is Cc1cccn(CC2CCCc3ccccc32)c1=O.